The van der Waals surface area contributed by atoms with Crippen LogP contribution in [0.1, 0.15) is 32.7 Å². The fourth-order valence-corrected chi connectivity index (χ4v) is 3.52. The van der Waals surface area contributed by atoms with E-state index in [4.69, 9.17) is 4.74 Å². The topological polar surface area (TPSA) is 67.7 Å². The minimum Gasteiger partial charge on any atom is -0.377 e. The van der Waals surface area contributed by atoms with Gasteiger partial charge in [0.1, 0.15) is 6.04 Å². The van der Waals surface area contributed by atoms with E-state index >= 15 is 0 Å². The van der Waals surface area contributed by atoms with Crippen molar-refractivity contribution in [3.05, 3.63) is 16.2 Å². The second kappa shape index (κ2) is 7.69. The Balaban J connectivity index is 2.15. The molecule has 7 nitrogen and oxygen atoms in total. The normalized spacial score (nSPS) is 22.9. The second-order valence-corrected chi connectivity index (χ2v) is 7.00. The van der Waals surface area contributed by atoms with Gasteiger partial charge in [0.25, 0.3) is 5.56 Å². The largest absolute Gasteiger partial charge is 0.409 e. The highest BCUT2D eigenvalue weighted by Gasteiger charge is 2.46. The van der Waals surface area contributed by atoms with Gasteiger partial charge in [0.2, 0.25) is 11.8 Å². The van der Waals surface area contributed by atoms with Crippen molar-refractivity contribution in [2.24, 2.45) is 0 Å². The summed E-state index contributed by atoms with van der Waals surface area (Å²) < 4.78 is 60.9. The number of nitrogens with zero attached hydrogens (tertiary/aromatic N) is 4. The summed E-state index contributed by atoms with van der Waals surface area (Å²) in [5.74, 6) is -2.16. The molecule has 1 fully saturated rings. The highest BCUT2D eigenvalue weighted by Crippen LogP contribution is 2.38. The molecule has 2 aliphatic rings. The number of alkyl halides is 3. The van der Waals surface area contributed by atoms with Gasteiger partial charge in [-0.1, -0.05) is 6.92 Å². The molecule has 0 aromatic carbocycles. The first-order valence-corrected chi connectivity index (χ1v) is 9.14. The van der Waals surface area contributed by atoms with Gasteiger partial charge in [-0.15, -0.1) is 0 Å². The third-order valence-electron chi connectivity index (χ3n) is 5.07. The molecule has 28 heavy (non-hydrogen) atoms. The molecule has 11 heteroatoms. The van der Waals surface area contributed by atoms with Gasteiger partial charge < -0.3 is 14.5 Å². The third kappa shape index (κ3) is 3.71. The Morgan fingerprint density at radius 2 is 2.04 bits per heavy atom. The summed E-state index contributed by atoms with van der Waals surface area (Å²) in [6.45, 7) is 3.91. The highest BCUT2D eigenvalue weighted by molar-refractivity contribution is 5.82. The number of hydrogen-bond acceptors (Lipinski definition) is 6. The maximum atomic E-state index is 14.8. The molecule has 0 aliphatic carbocycles. The smallest absolute Gasteiger partial charge is 0.377 e. The number of ketones is 1. The molecule has 1 saturated heterocycles. The lowest BCUT2D eigenvalue weighted by Gasteiger charge is -2.38. The molecule has 0 N–H and O–H groups in total. The van der Waals surface area contributed by atoms with Crippen molar-refractivity contribution in [1.82, 2.24) is 9.55 Å². The maximum absolute atomic E-state index is 14.8. The summed E-state index contributed by atoms with van der Waals surface area (Å²) in [7, 11) is 0. The summed E-state index contributed by atoms with van der Waals surface area (Å²) in [5.41, 5.74) is -1.38. The van der Waals surface area contributed by atoms with Crippen LogP contribution in [-0.2, 0) is 9.53 Å². The molecule has 3 rings (SSSR count). The van der Waals surface area contributed by atoms with Crippen LogP contribution in [0.25, 0.3) is 0 Å². The molecule has 1 aromatic rings. The van der Waals surface area contributed by atoms with Crippen LogP contribution in [-0.4, -0.2) is 60.4 Å². The summed E-state index contributed by atoms with van der Waals surface area (Å²) in [6.07, 6.45) is -5.00. The summed E-state index contributed by atoms with van der Waals surface area (Å²) >= 11 is 0. The van der Waals surface area contributed by atoms with E-state index in [2.05, 4.69) is 4.98 Å². The molecule has 0 radical (unpaired) electrons. The van der Waals surface area contributed by atoms with Crippen LogP contribution < -0.4 is 15.4 Å². The van der Waals surface area contributed by atoms with Crippen molar-refractivity contribution in [1.29, 1.82) is 0 Å². The van der Waals surface area contributed by atoms with Gasteiger partial charge >= 0.3 is 6.18 Å². The SMILES string of the molecule is CCC(=O)CN1CCC(C(F)(F)F)n2c1nc(N1CCOC[C@H]1C)c(F)c2=O. The number of rotatable bonds is 4. The Morgan fingerprint density at radius 3 is 2.64 bits per heavy atom. The zero-order valence-corrected chi connectivity index (χ0v) is 15.6. The zero-order chi connectivity index (χ0) is 20.6. The van der Waals surface area contributed by atoms with Gasteiger partial charge in [0, 0.05) is 19.5 Å². The molecule has 0 saturated carbocycles. The molecule has 1 aromatic heterocycles. The Kier molecular flexibility index (Phi) is 5.64. The van der Waals surface area contributed by atoms with Crippen LogP contribution in [0.2, 0.25) is 0 Å². The lowest BCUT2D eigenvalue weighted by atomic mass is 10.1. The van der Waals surface area contributed by atoms with Gasteiger partial charge in [0.15, 0.2) is 11.6 Å². The Bertz CT molecular complexity index is 811. The van der Waals surface area contributed by atoms with Gasteiger partial charge in [-0.2, -0.15) is 22.5 Å². The van der Waals surface area contributed by atoms with E-state index in [0.29, 0.717) is 4.57 Å². The van der Waals surface area contributed by atoms with Crippen molar-refractivity contribution < 1.29 is 27.1 Å². The first-order valence-electron chi connectivity index (χ1n) is 9.14. The maximum Gasteiger partial charge on any atom is 0.409 e. The number of aromatic nitrogens is 2. The number of carbonyl (C=O) groups is 1. The van der Waals surface area contributed by atoms with Crippen molar-refractivity contribution in [2.75, 3.05) is 42.6 Å². The van der Waals surface area contributed by atoms with E-state index in [1.807, 2.05) is 0 Å². The van der Waals surface area contributed by atoms with Crippen LogP contribution in [0, 0.1) is 5.82 Å². The number of halogens is 4. The number of hydrogen-bond donors (Lipinski definition) is 0. The molecular weight excluding hydrogens is 384 g/mol. The summed E-state index contributed by atoms with van der Waals surface area (Å²) in [6, 6.07) is -2.48. The van der Waals surface area contributed by atoms with Crippen LogP contribution in [0.3, 0.4) is 0 Å². The Morgan fingerprint density at radius 1 is 1.32 bits per heavy atom. The lowest BCUT2D eigenvalue weighted by molar-refractivity contribution is -0.171. The van der Waals surface area contributed by atoms with Crippen molar-refractivity contribution in [3.8, 4) is 0 Å². The van der Waals surface area contributed by atoms with Gasteiger partial charge in [0.05, 0.1) is 25.8 Å². The van der Waals surface area contributed by atoms with E-state index in [1.165, 1.54) is 9.80 Å². The van der Waals surface area contributed by atoms with Crippen molar-refractivity contribution in [2.45, 2.75) is 44.9 Å². The van der Waals surface area contributed by atoms with Crippen LogP contribution in [0.4, 0.5) is 29.3 Å². The van der Waals surface area contributed by atoms with Gasteiger partial charge in [-0.05, 0) is 13.3 Å². The first kappa shape index (κ1) is 20.6. The summed E-state index contributed by atoms with van der Waals surface area (Å²) in [5, 5.41) is 0. The quantitative estimate of drug-likeness (QED) is 0.712. The van der Waals surface area contributed by atoms with E-state index in [-0.39, 0.29) is 62.9 Å². The molecule has 1 unspecified atom stereocenters. The standard InChI is InChI=1S/C17H22F4N4O3/c1-3-11(26)8-23-5-4-12(17(19,20)21)25-15(27)13(18)14(22-16(23)25)24-6-7-28-9-10(24)2/h10,12H,3-9H2,1-2H3/t10-,12?/m1/s1. The minimum atomic E-state index is -4.73. The molecule has 0 spiro atoms. The predicted octanol–water partition coefficient (Wildman–Crippen LogP) is 1.90. The van der Waals surface area contributed by atoms with E-state index < -0.39 is 30.0 Å². The van der Waals surface area contributed by atoms with E-state index in [0.717, 1.165) is 0 Å². The fraction of sp³-hybridized carbons (Fsp3) is 0.706. The number of carbonyl (C=O) groups excluding carboxylic acids is 1. The third-order valence-corrected chi connectivity index (χ3v) is 5.07. The van der Waals surface area contributed by atoms with E-state index in [9.17, 15) is 27.2 Å². The number of morpholine rings is 1. The van der Waals surface area contributed by atoms with Crippen LogP contribution >= 0.6 is 0 Å². The fourth-order valence-electron chi connectivity index (χ4n) is 3.52. The molecule has 0 amide bonds. The average molecular weight is 406 g/mol. The molecule has 2 aliphatic heterocycles. The molecule has 0 bridgehead atoms. The van der Waals surface area contributed by atoms with Crippen LogP contribution in [0.15, 0.2) is 4.79 Å². The Hall–Kier alpha value is -2.17. The number of anilines is 2. The van der Waals surface area contributed by atoms with Gasteiger partial charge in [-0.25, -0.2) is 0 Å². The number of Topliss-reactive ketones (excluding diaryl/α,β-unsaturated/α-hetero) is 1. The minimum absolute atomic E-state index is 0.105. The average Bonchev–Trinajstić information content (AvgIpc) is 2.64. The van der Waals surface area contributed by atoms with Crippen molar-refractivity contribution >= 4 is 17.5 Å². The number of fused-ring (bicyclic) bond motifs is 1. The second-order valence-electron chi connectivity index (χ2n) is 7.00. The monoisotopic (exact) mass is 406 g/mol. The molecule has 156 valence electrons. The lowest BCUT2D eigenvalue weighted by Crippen LogP contribution is -2.50. The molecule has 3 heterocycles. The zero-order valence-electron chi connectivity index (χ0n) is 15.6. The summed E-state index contributed by atoms with van der Waals surface area (Å²) in [4.78, 5) is 31.4. The molecule has 2 atom stereocenters. The van der Waals surface area contributed by atoms with Crippen LogP contribution in [0.5, 0.6) is 0 Å². The van der Waals surface area contributed by atoms with Gasteiger partial charge in [-0.3, -0.25) is 14.2 Å². The predicted molar refractivity (Wildman–Crippen MR) is 93.3 cm³/mol. The Labute approximate surface area is 158 Å². The van der Waals surface area contributed by atoms with E-state index in [1.54, 1.807) is 13.8 Å². The first-order chi connectivity index (χ1) is 13.1. The van der Waals surface area contributed by atoms with Crippen molar-refractivity contribution in [3.63, 3.8) is 0 Å². The highest BCUT2D eigenvalue weighted by atomic mass is 19.4. The number of ether oxygens (including phenoxy) is 1. The molecular formula is C17H22F4N4O3.